The largest absolute Gasteiger partial charge is 0.272 e. The van der Waals surface area contributed by atoms with Gasteiger partial charge in [0.15, 0.2) is 0 Å². The normalized spacial score (nSPS) is 10.7. The molecule has 2 rings (SSSR count). The molecule has 1 N–H and O–H groups in total. The molecule has 72 valence electrons. The zero-order chi connectivity index (χ0) is 10.1. The van der Waals surface area contributed by atoms with Crippen molar-refractivity contribution >= 4 is 38.5 Å². The lowest BCUT2D eigenvalue weighted by atomic mass is 10.2. The van der Waals surface area contributed by atoms with E-state index in [1.807, 2.05) is 18.4 Å². The summed E-state index contributed by atoms with van der Waals surface area (Å²) < 4.78 is 0.952. The van der Waals surface area contributed by atoms with Crippen molar-refractivity contribution in [3.05, 3.63) is 33.0 Å². The van der Waals surface area contributed by atoms with E-state index in [0.717, 1.165) is 14.9 Å². The molecule has 0 saturated heterocycles. The standard InChI is InChI=1S/C9H7BrN2OS/c1-14-9-7-4-5(10)2-3-6(7)8(13)11-12-9/h2-4H,1H3,(H,11,13). The van der Waals surface area contributed by atoms with Crippen LogP contribution in [-0.2, 0) is 0 Å². The van der Waals surface area contributed by atoms with Crippen LogP contribution in [0.25, 0.3) is 10.8 Å². The van der Waals surface area contributed by atoms with Crippen molar-refractivity contribution in [3.8, 4) is 0 Å². The van der Waals surface area contributed by atoms with Crippen LogP contribution >= 0.6 is 27.7 Å². The van der Waals surface area contributed by atoms with Crippen molar-refractivity contribution in [2.24, 2.45) is 0 Å². The first-order valence-corrected chi connectivity index (χ1v) is 5.96. The molecule has 0 bridgehead atoms. The summed E-state index contributed by atoms with van der Waals surface area (Å²) in [6.07, 6.45) is 1.93. The third-order valence-corrected chi connectivity index (χ3v) is 3.10. The highest BCUT2D eigenvalue weighted by molar-refractivity contribution is 9.10. The topological polar surface area (TPSA) is 45.8 Å². The molecule has 0 atom stereocenters. The van der Waals surface area contributed by atoms with Crippen LogP contribution in [0.1, 0.15) is 0 Å². The molecule has 2 aromatic rings. The van der Waals surface area contributed by atoms with Gasteiger partial charge in [-0.05, 0) is 24.5 Å². The summed E-state index contributed by atoms with van der Waals surface area (Å²) in [6.45, 7) is 0. The van der Waals surface area contributed by atoms with Crippen molar-refractivity contribution in [1.82, 2.24) is 10.2 Å². The minimum atomic E-state index is -0.148. The van der Waals surface area contributed by atoms with Crippen LogP contribution in [0.5, 0.6) is 0 Å². The third kappa shape index (κ3) is 1.57. The number of hydrogen-bond donors (Lipinski definition) is 1. The van der Waals surface area contributed by atoms with Gasteiger partial charge in [0, 0.05) is 9.86 Å². The quantitative estimate of drug-likeness (QED) is 0.810. The number of hydrogen-bond acceptors (Lipinski definition) is 3. The van der Waals surface area contributed by atoms with Gasteiger partial charge in [-0.15, -0.1) is 11.8 Å². The minimum Gasteiger partial charge on any atom is -0.267 e. The van der Waals surface area contributed by atoms with E-state index in [4.69, 9.17) is 0 Å². The molecule has 1 aromatic carbocycles. The van der Waals surface area contributed by atoms with Gasteiger partial charge in [0.2, 0.25) is 0 Å². The second-order valence-corrected chi connectivity index (χ2v) is 4.46. The number of thioether (sulfide) groups is 1. The maximum Gasteiger partial charge on any atom is 0.272 e. The number of fused-ring (bicyclic) bond motifs is 1. The van der Waals surface area contributed by atoms with Crippen LogP contribution in [-0.4, -0.2) is 16.5 Å². The maximum absolute atomic E-state index is 11.4. The zero-order valence-corrected chi connectivity index (χ0v) is 9.78. The fraction of sp³-hybridized carbons (Fsp3) is 0.111. The van der Waals surface area contributed by atoms with Gasteiger partial charge in [-0.1, -0.05) is 15.9 Å². The minimum absolute atomic E-state index is 0.148. The molecule has 0 radical (unpaired) electrons. The number of halogens is 1. The van der Waals surface area contributed by atoms with E-state index in [9.17, 15) is 4.79 Å². The van der Waals surface area contributed by atoms with Gasteiger partial charge >= 0.3 is 0 Å². The Morgan fingerprint density at radius 2 is 2.21 bits per heavy atom. The van der Waals surface area contributed by atoms with E-state index in [-0.39, 0.29) is 5.56 Å². The lowest BCUT2D eigenvalue weighted by Gasteiger charge is -2.01. The third-order valence-electron chi connectivity index (χ3n) is 1.91. The molecule has 0 unspecified atom stereocenters. The van der Waals surface area contributed by atoms with Crippen LogP contribution in [0.3, 0.4) is 0 Å². The fourth-order valence-corrected chi connectivity index (χ4v) is 2.16. The molecule has 0 spiro atoms. The first kappa shape index (κ1) is 9.73. The van der Waals surface area contributed by atoms with E-state index in [0.29, 0.717) is 5.39 Å². The van der Waals surface area contributed by atoms with Crippen molar-refractivity contribution < 1.29 is 0 Å². The first-order chi connectivity index (χ1) is 6.72. The highest BCUT2D eigenvalue weighted by atomic mass is 79.9. The summed E-state index contributed by atoms with van der Waals surface area (Å²) in [4.78, 5) is 11.4. The summed E-state index contributed by atoms with van der Waals surface area (Å²) in [6, 6.07) is 5.55. The number of nitrogens with zero attached hydrogens (tertiary/aromatic N) is 1. The Labute approximate surface area is 93.0 Å². The van der Waals surface area contributed by atoms with Gasteiger partial charge in [-0.25, -0.2) is 5.10 Å². The van der Waals surface area contributed by atoms with Crippen LogP contribution in [0.4, 0.5) is 0 Å². The Bertz CT molecular complexity index is 538. The molecule has 5 heteroatoms. The Kier molecular flexibility index (Phi) is 2.60. The number of rotatable bonds is 1. The Morgan fingerprint density at radius 3 is 2.93 bits per heavy atom. The highest BCUT2D eigenvalue weighted by Gasteiger charge is 2.05. The lowest BCUT2D eigenvalue weighted by Crippen LogP contribution is -2.08. The molecule has 0 aliphatic rings. The van der Waals surface area contributed by atoms with Crippen LogP contribution in [0, 0.1) is 0 Å². The highest BCUT2D eigenvalue weighted by Crippen LogP contribution is 2.24. The fourth-order valence-electron chi connectivity index (χ4n) is 1.27. The van der Waals surface area contributed by atoms with Crippen molar-refractivity contribution in [2.45, 2.75) is 5.03 Å². The van der Waals surface area contributed by atoms with Crippen molar-refractivity contribution in [3.63, 3.8) is 0 Å². The van der Waals surface area contributed by atoms with Gasteiger partial charge in [0.25, 0.3) is 5.56 Å². The van der Waals surface area contributed by atoms with Crippen molar-refractivity contribution in [2.75, 3.05) is 6.26 Å². The molecule has 0 aliphatic heterocycles. The number of nitrogens with one attached hydrogen (secondary N) is 1. The summed E-state index contributed by atoms with van der Waals surface area (Å²) in [5, 5.41) is 8.83. The van der Waals surface area contributed by atoms with Crippen LogP contribution in [0.15, 0.2) is 32.5 Å². The maximum atomic E-state index is 11.4. The summed E-state index contributed by atoms with van der Waals surface area (Å²) >= 11 is 4.88. The zero-order valence-electron chi connectivity index (χ0n) is 7.37. The number of aromatic amines is 1. The smallest absolute Gasteiger partial charge is 0.267 e. The molecule has 1 heterocycles. The summed E-state index contributed by atoms with van der Waals surface area (Å²) in [5.41, 5.74) is -0.148. The second-order valence-electron chi connectivity index (χ2n) is 2.75. The van der Waals surface area contributed by atoms with Crippen LogP contribution < -0.4 is 5.56 Å². The predicted molar refractivity (Wildman–Crippen MR) is 61.8 cm³/mol. The SMILES string of the molecule is CSc1n[nH]c(=O)c2ccc(Br)cc12. The predicted octanol–water partition coefficient (Wildman–Crippen LogP) is 2.41. The number of benzene rings is 1. The van der Waals surface area contributed by atoms with Gasteiger partial charge in [0.05, 0.1) is 5.39 Å². The Balaban J connectivity index is 2.92. The Morgan fingerprint density at radius 1 is 1.43 bits per heavy atom. The molecule has 14 heavy (non-hydrogen) atoms. The number of aromatic nitrogens is 2. The van der Waals surface area contributed by atoms with E-state index in [2.05, 4.69) is 26.1 Å². The van der Waals surface area contributed by atoms with E-state index >= 15 is 0 Å². The molecule has 1 aromatic heterocycles. The van der Waals surface area contributed by atoms with Gasteiger partial charge in [-0.2, -0.15) is 5.10 Å². The molecule has 3 nitrogen and oxygen atoms in total. The molecule has 0 amide bonds. The first-order valence-electron chi connectivity index (χ1n) is 3.94. The van der Waals surface area contributed by atoms with E-state index in [1.54, 1.807) is 6.07 Å². The number of H-pyrrole nitrogens is 1. The monoisotopic (exact) mass is 270 g/mol. The van der Waals surface area contributed by atoms with Gasteiger partial charge in [-0.3, -0.25) is 4.79 Å². The molecule has 0 aliphatic carbocycles. The Hall–Kier alpha value is -0.810. The lowest BCUT2D eigenvalue weighted by molar-refractivity contribution is 0.928. The average Bonchev–Trinajstić information content (AvgIpc) is 2.18. The van der Waals surface area contributed by atoms with Crippen molar-refractivity contribution in [1.29, 1.82) is 0 Å². The van der Waals surface area contributed by atoms with E-state index in [1.165, 1.54) is 11.8 Å². The van der Waals surface area contributed by atoms with Crippen LogP contribution in [0.2, 0.25) is 0 Å². The molecular weight excluding hydrogens is 264 g/mol. The molecule has 0 fully saturated rings. The molecular formula is C9H7BrN2OS. The summed E-state index contributed by atoms with van der Waals surface area (Å²) in [7, 11) is 0. The molecule has 0 saturated carbocycles. The average molecular weight is 271 g/mol. The van der Waals surface area contributed by atoms with Gasteiger partial charge in [0.1, 0.15) is 5.03 Å². The summed E-state index contributed by atoms with van der Waals surface area (Å²) in [5.74, 6) is 0. The van der Waals surface area contributed by atoms with Gasteiger partial charge < -0.3 is 0 Å². The second kappa shape index (κ2) is 3.74. The van der Waals surface area contributed by atoms with E-state index < -0.39 is 0 Å².